The smallest absolute Gasteiger partial charge is 0.355 e. The lowest BCUT2D eigenvalue weighted by Crippen LogP contribution is -2.46. The second-order valence-corrected chi connectivity index (χ2v) is 7.20. The fraction of sp³-hybridized carbons (Fsp3) is 0.733. The molecule has 6 heteroatoms. The van der Waals surface area contributed by atoms with E-state index >= 15 is 0 Å². The minimum absolute atomic E-state index is 0.216. The Morgan fingerprint density at radius 3 is 2.43 bits per heavy atom. The van der Waals surface area contributed by atoms with E-state index in [0.717, 1.165) is 23.1 Å². The highest BCUT2D eigenvalue weighted by atomic mass is 32.1. The van der Waals surface area contributed by atoms with Crippen LogP contribution in [0.2, 0.25) is 0 Å². The van der Waals surface area contributed by atoms with Crippen molar-refractivity contribution in [1.29, 1.82) is 0 Å². The van der Waals surface area contributed by atoms with Crippen LogP contribution in [0.15, 0.2) is 0 Å². The number of likely N-dealkylation sites (tertiary alicyclic amines) is 1. The summed E-state index contributed by atoms with van der Waals surface area (Å²) in [5.74, 6) is -0.918. The first kappa shape index (κ1) is 14.8. The molecule has 1 aromatic heterocycles. The van der Waals surface area contributed by atoms with Gasteiger partial charge in [0.1, 0.15) is 0 Å². The van der Waals surface area contributed by atoms with Gasteiger partial charge in [-0.25, -0.2) is 9.78 Å². The number of carboxylic acids is 1. The van der Waals surface area contributed by atoms with Crippen molar-refractivity contribution in [1.82, 2.24) is 9.88 Å². The second-order valence-electron chi connectivity index (χ2n) is 6.02. The van der Waals surface area contributed by atoms with Crippen LogP contribution in [0, 0.1) is 6.92 Å². The molecule has 2 aliphatic heterocycles. The van der Waals surface area contributed by atoms with E-state index in [1.54, 1.807) is 0 Å². The third kappa shape index (κ3) is 3.21. The first-order valence-corrected chi connectivity index (χ1v) is 8.66. The molecule has 2 fully saturated rings. The van der Waals surface area contributed by atoms with E-state index < -0.39 is 5.97 Å². The minimum atomic E-state index is -0.918. The van der Waals surface area contributed by atoms with Gasteiger partial charge in [0.2, 0.25) is 0 Å². The maximum absolute atomic E-state index is 11.1. The summed E-state index contributed by atoms with van der Waals surface area (Å²) in [7, 11) is 0. The average molecular weight is 309 g/mol. The van der Waals surface area contributed by atoms with Crippen molar-refractivity contribution in [3.8, 4) is 0 Å². The quantitative estimate of drug-likeness (QED) is 0.930. The Hall–Kier alpha value is -1.14. The molecule has 0 aliphatic carbocycles. The molecular formula is C15H23N3O2S. The molecule has 0 bridgehead atoms. The van der Waals surface area contributed by atoms with Crippen LogP contribution in [0.4, 0.5) is 5.13 Å². The second kappa shape index (κ2) is 6.32. The van der Waals surface area contributed by atoms with Crippen molar-refractivity contribution in [2.45, 2.75) is 45.1 Å². The lowest BCUT2D eigenvalue weighted by Gasteiger charge is -2.40. The van der Waals surface area contributed by atoms with Crippen LogP contribution >= 0.6 is 11.3 Å². The predicted octanol–water partition coefficient (Wildman–Crippen LogP) is 2.60. The molecule has 3 heterocycles. The summed E-state index contributed by atoms with van der Waals surface area (Å²) in [6, 6.07) is 0.710. The lowest BCUT2D eigenvalue weighted by atomic mass is 10.0. The average Bonchev–Trinajstić information content (AvgIpc) is 2.90. The number of hydrogen-bond donors (Lipinski definition) is 1. The van der Waals surface area contributed by atoms with Gasteiger partial charge in [-0.15, -0.1) is 11.3 Å². The maximum atomic E-state index is 11.1. The van der Waals surface area contributed by atoms with E-state index in [2.05, 4.69) is 14.8 Å². The molecule has 0 aromatic carbocycles. The Morgan fingerprint density at radius 1 is 1.19 bits per heavy atom. The summed E-state index contributed by atoms with van der Waals surface area (Å²) in [6.45, 7) is 6.33. The Bertz CT molecular complexity index is 503. The lowest BCUT2D eigenvalue weighted by molar-refractivity contribution is 0.0690. The number of thiazole rings is 1. The zero-order valence-corrected chi connectivity index (χ0v) is 13.4. The zero-order valence-electron chi connectivity index (χ0n) is 12.5. The minimum Gasteiger partial charge on any atom is -0.476 e. The van der Waals surface area contributed by atoms with Crippen molar-refractivity contribution in [2.75, 3.05) is 31.1 Å². The number of carboxylic acid groups (broad SMARTS) is 1. The van der Waals surface area contributed by atoms with Crippen LogP contribution in [-0.2, 0) is 0 Å². The van der Waals surface area contributed by atoms with Gasteiger partial charge < -0.3 is 14.9 Å². The van der Waals surface area contributed by atoms with Crippen LogP contribution < -0.4 is 4.90 Å². The van der Waals surface area contributed by atoms with Gasteiger partial charge in [0.05, 0.1) is 0 Å². The number of anilines is 1. The Labute approximate surface area is 129 Å². The molecule has 0 atom stereocenters. The molecule has 21 heavy (non-hydrogen) atoms. The van der Waals surface area contributed by atoms with E-state index in [0.29, 0.717) is 6.04 Å². The van der Waals surface area contributed by atoms with Crippen molar-refractivity contribution in [2.24, 2.45) is 0 Å². The van der Waals surface area contributed by atoms with Gasteiger partial charge in [-0.3, -0.25) is 0 Å². The van der Waals surface area contributed by atoms with Crippen molar-refractivity contribution < 1.29 is 9.90 Å². The monoisotopic (exact) mass is 309 g/mol. The molecule has 116 valence electrons. The summed E-state index contributed by atoms with van der Waals surface area (Å²) in [4.78, 5) is 21.1. The largest absolute Gasteiger partial charge is 0.476 e. The summed E-state index contributed by atoms with van der Waals surface area (Å²) in [5.41, 5.74) is 0.216. The van der Waals surface area contributed by atoms with Crippen molar-refractivity contribution in [3.63, 3.8) is 0 Å². The molecule has 0 radical (unpaired) electrons. The Kier molecular flexibility index (Phi) is 4.45. The van der Waals surface area contributed by atoms with Gasteiger partial charge in [0.15, 0.2) is 10.8 Å². The van der Waals surface area contributed by atoms with E-state index in [1.807, 2.05) is 6.92 Å². The summed E-state index contributed by atoms with van der Waals surface area (Å²) >= 11 is 1.51. The molecule has 0 amide bonds. The Morgan fingerprint density at radius 2 is 1.86 bits per heavy atom. The highest BCUT2D eigenvalue weighted by Crippen LogP contribution is 2.29. The Balaban J connectivity index is 1.60. The molecule has 2 aliphatic rings. The number of piperidine rings is 2. The molecule has 5 nitrogen and oxygen atoms in total. The first-order valence-electron chi connectivity index (χ1n) is 7.85. The fourth-order valence-corrected chi connectivity index (χ4v) is 4.37. The standard InChI is InChI=1S/C15H23N3O2S/c1-11-13(14(19)20)16-15(21-11)18-9-5-12(6-10-18)17-7-3-2-4-8-17/h12H,2-10H2,1H3,(H,19,20). The van der Waals surface area contributed by atoms with Gasteiger partial charge in [0, 0.05) is 24.0 Å². The van der Waals surface area contributed by atoms with Crippen molar-refractivity contribution in [3.05, 3.63) is 10.6 Å². The number of nitrogens with zero attached hydrogens (tertiary/aromatic N) is 3. The molecule has 0 spiro atoms. The first-order chi connectivity index (χ1) is 10.1. The maximum Gasteiger partial charge on any atom is 0.355 e. The molecule has 2 saturated heterocycles. The van der Waals surface area contributed by atoms with Crippen LogP contribution in [0.5, 0.6) is 0 Å². The van der Waals surface area contributed by atoms with Crippen LogP contribution in [0.25, 0.3) is 0 Å². The third-order valence-corrected chi connectivity index (χ3v) is 5.66. The van der Waals surface area contributed by atoms with Gasteiger partial charge in [-0.1, -0.05) is 6.42 Å². The summed E-state index contributed by atoms with van der Waals surface area (Å²) in [5, 5.41) is 9.99. The molecular weight excluding hydrogens is 286 g/mol. The molecule has 0 saturated carbocycles. The number of rotatable bonds is 3. The van der Waals surface area contributed by atoms with Gasteiger partial charge in [-0.05, 0) is 45.7 Å². The van der Waals surface area contributed by atoms with E-state index in [4.69, 9.17) is 5.11 Å². The highest BCUT2D eigenvalue weighted by Gasteiger charge is 2.27. The molecule has 1 N–H and O–H groups in total. The number of carbonyl (C=O) groups is 1. The van der Waals surface area contributed by atoms with Crippen LogP contribution in [0.1, 0.15) is 47.5 Å². The van der Waals surface area contributed by atoms with Gasteiger partial charge in [-0.2, -0.15) is 0 Å². The third-order valence-electron chi connectivity index (χ3n) is 4.63. The topological polar surface area (TPSA) is 56.7 Å². The van der Waals surface area contributed by atoms with Gasteiger partial charge in [0.25, 0.3) is 0 Å². The van der Waals surface area contributed by atoms with Gasteiger partial charge >= 0.3 is 5.97 Å². The molecule has 3 rings (SSSR count). The van der Waals surface area contributed by atoms with Crippen LogP contribution in [-0.4, -0.2) is 53.2 Å². The SMILES string of the molecule is Cc1sc(N2CCC(N3CCCCC3)CC2)nc1C(=O)O. The number of aryl methyl sites for hydroxylation is 1. The zero-order chi connectivity index (χ0) is 14.8. The van der Waals surface area contributed by atoms with Crippen molar-refractivity contribution >= 4 is 22.4 Å². The molecule has 0 unspecified atom stereocenters. The van der Waals surface area contributed by atoms with E-state index in [-0.39, 0.29) is 5.69 Å². The number of hydrogen-bond acceptors (Lipinski definition) is 5. The normalized spacial score (nSPS) is 21.7. The highest BCUT2D eigenvalue weighted by molar-refractivity contribution is 7.15. The fourth-order valence-electron chi connectivity index (χ4n) is 3.42. The van der Waals surface area contributed by atoms with Crippen LogP contribution in [0.3, 0.4) is 0 Å². The number of aromatic carboxylic acids is 1. The predicted molar refractivity (Wildman–Crippen MR) is 84.5 cm³/mol. The van der Waals surface area contributed by atoms with E-state index in [9.17, 15) is 4.79 Å². The number of aromatic nitrogens is 1. The summed E-state index contributed by atoms with van der Waals surface area (Å²) < 4.78 is 0. The summed E-state index contributed by atoms with van der Waals surface area (Å²) in [6.07, 6.45) is 6.40. The molecule has 1 aromatic rings. The van der Waals surface area contributed by atoms with E-state index in [1.165, 1.54) is 56.5 Å².